The van der Waals surface area contributed by atoms with Gasteiger partial charge in [-0.2, -0.15) is 4.98 Å². The van der Waals surface area contributed by atoms with Crippen molar-refractivity contribution in [3.05, 3.63) is 17.3 Å². The Morgan fingerprint density at radius 1 is 1.36 bits per heavy atom. The maximum Gasteiger partial charge on any atom is 0.223 e. The van der Waals surface area contributed by atoms with Crippen LogP contribution in [-0.4, -0.2) is 9.97 Å². The summed E-state index contributed by atoms with van der Waals surface area (Å²) >= 11 is 5.65. The summed E-state index contributed by atoms with van der Waals surface area (Å²) in [4.78, 5) is 7.38. The van der Waals surface area contributed by atoms with Gasteiger partial charge in [0.15, 0.2) is 0 Å². The van der Waals surface area contributed by atoms with Crippen LogP contribution in [0.4, 0.5) is 11.8 Å². The first kappa shape index (κ1) is 7.81. The fourth-order valence-electron chi connectivity index (χ4n) is 0.664. The third kappa shape index (κ3) is 1.40. The minimum Gasteiger partial charge on any atom is -0.383 e. The van der Waals surface area contributed by atoms with Crippen LogP contribution in [0.25, 0.3) is 6.08 Å². The van der Waals surface area contributed by atoms with Gasteiger partial charge in [-0.25, -0.2) is 4.98 Å². The Balaban J connectivity index is 3.36. The van der Waals surface area contributed by atoms with Crippen molar-refractivity contribution in [1.82, 2.24) is 9.97 Å². The Labute approximate surface area is 68.9 Å². The number of nitrogens with zero attached hydrogens (tertiary/aromatic N) is 2. The zero-order valence-corrected chi connectivity index (χ0v) is 6.47. The van der Waals surface area contributed by atoms with E-state index in [0.29, 0.717) is 5.56 Å². The summed E-state index contributed by atoms with van der Waals surface area (Å²) in [6, 6.07) is 0. The quantitative estimate of drug-likeness (QED) is 0.615. The zero-order chi connectivity index (χ0) is 8.43. The molecule has 0 unspecified atom stereocenters. The van der Waals surface area contributed by atoms with Crippen molar-refractivity contribution in [2.75, 3.05) is 11.5 Å². The summed E-state index contributed by atoms with van der Waals surface area (Å²) in [5.74, 6) is 0.315. The van der Waals surface area contributed by atoms with E-state index in [0.717, 1.165) is 0 Å². The first-order valence-corrected chi connectivity index (χ1v) is 3.24. The van der Waals surface area contributed by atoms with E-state index in [4.69, 9.17) is 23.1 Å². The van der Waals surface area contributed by atoms with Gasteiger partial charge in [-0.05, 0) is 0 Å². The van der Waals surface area contributed by atoms with Crippen LogP contribution in [0.15, 0.2) is 6.58 Å². The molecule has 0 aliphatic rings. The molecule has 0 aromatic carbocycles. The predicted octanol–water partition coefficient (Wildman–Crippen LogP) is 0.937. The highest BCUT2D eigenvalue weighted by Crippen LogP contribution is 2.19. The molecule has 1 heterocycles. The molecule has 0 radical (unpaired) electrons. The van der Waals surface area contributed by atoms with Crippen molar-refractivity contribution in [3.8, 4) is 0 Å². The Kier molecular flexibility index (Phi) is 1.96. The lowest BCUT2D eigenvalue weighted by atomic mass is 10.3. The molecule has 4 nitrogen and oxygen atoms in total. The molecule has 0 saturated carbocycles. The van der Waals surface area contributed by atoms with Crippen LogP contribution >= 0.6 is 11.6 Å². The second-order valence-electron chi connectivity index (χ2n) is 1.88. The van der Waals surface area contributed by atoms with Crippen molar-refractivity contribution < 1.29 is 0 Å². The van der Waals surface area contributed by atoms with E-state index < -0.39 is 0 Å². The number of nitrogens with two attached hydrogens (primary N) is 2. The fourth-order valence-corrected chi connectivity index (χ4v) is 0.924. The standard InChI is InChI=1S/C6H7ClN4/c1-2-3-4(7)10-6(9)11-5(3)8/h2H,1H2,(H4,8,9,10,11). The number of halogens is 1. The highest BCUT2D eigenvalue weighted by atomic mass is 35.5. The van der Waals surface area contributed by atoms with Gasteiger partial charge < -0.3 is 11.5 Å². The van der Waals surface area contributed by atoms with Crippen molar-refractivity contribution in [2.45, 2.75) is 0 Å². The lowest BCUT2D eigenvalue weighted by Gasteiger charge is -2.01. The maximum atomic E-state index is 5.65. The monoisotopic (exact) mass is 170 g/mol. The lowest BCUT2D eigenvalue weighted by Crippen LogP contribution is -2.02. The van der Waals surface area contributed by atoms with Gasteiger partial charge >= 0.3 is 0 Å². The number of nitrogen functional groups attached to an aromatic ring is 2. The van der Waals surface area contributed by atoms with Gasteiger partial charge in [0.25, 0.3) is 0 Å². The highest BCUT2D eigenvalue weighted by molar-refractivity contribution is 6.31. The Morgan fingerprint density at radius 2 is 2.00 bits per heavy atom. The molecule has 0 aliphatic carbocycles. The Morgan fingerprint density at radius 3 is 2.45 bits per heavy atom. The topological polar surface area (TPSA) is 77.8 Å². The molecule has 1 rings (SSSR count). The van der Waals surface area contributed by atoms with Crippen LogP contribution in [0.3, 0.4) is 0 Å². The predicted molar refractivity (Wildman–Crippen MR) is 46.0 cm³/mol. The van der Waals surface area contributed by atoms with E-state index in [9.17, 15) is 0 Å². The fraction of sp³-hybridized carbons (Fsp3) is 0. The van der Waals surface area contributed by atoms with Crippen LogP contribution < -0.4 is 11.5 Å². The normalized spacial score (nSPS) is 9.55. The second kappa shape index (κ2) is 2.75. The van der Waals surface area contributed by atoms with Gasteiger partial charge in [-0.1, -0.05) is 24.3 Å². The molecule has 4 N–H and O–H groups in total. The zero-order valence-electron chi connectivity index (χ0n) is 5.71. The summed E-state index contributed by atoms with van der Waals surface area (Å²) in [5, 5.41) is 0.227. The molecule has 0 fully saturated rings. The third-order valence-corrected chi connectivity index (χ3v) is 1.44. The summed E-state index contributed by atoms with van der Waals surface area (Å²) in [7, 11) is 0. The molecule has 1 aromatic rings. The van der Waals surface area contributed by atoms with Crippen molar-refractivity contribution in [3.63, 3.8) is 0 Å². The molecule has 1 aromatic heterocycles. The van der Waals surface area contributed by atoms with Gasteiger partial charge in [0, 0.05) is 0 Å². The van der Waals surface area contributed by atoms with Crippen molar-refractivity contribution in [1.29, 1.82) is 0 Å². The van der Waals surface area contributed by atoms with Gasteiger partial charge in [-0.3, -0.25) is 0 Å². The molecular formula is C6H7ClN4. The molecule has 0 aliphatic heterocycles. The number of aromatic nitrogens is 2. The molecular weight excluding hydrogens is 164 g/mol. The van der Waals surface area contributed by atoms with E-state index in [2.05, 4.69) is 16.5 Å². The molecule has 0 saturated heterocycles. The molecule has 11 heavy (non-hydrogen) atoms. The largest absolute Gasteiger partial charge is 0.383 e. The summed E-state index contributed by atoms with van der Waals surface area (Å²) in [6.45, 7) is 3.50. The smallest absolute Gasteiger partial charge is 0.223 e. The van der Waals surface area contributed by atoms with E-state index in [1.165, 1.54) is 6.08 Å². The number of hydrogen-bond acceptors (Lipinski definition) is 4. The SMILES string of the molecule is C=Cc1c(N)nc(N)nc1Cl. The molecule has 0 amide bonds. The third-order valence-electron chi connectivity index (χ3n) is 1.15. The number of anilines is 2. The minimum atomic E-state index is 0.0677. The highest BCUT2D eigenvalue weighted by Gasteiger charge is 2.04. The molecule has 0 spiro atoms. The van der Waals surface area contributed by atoms with E-state index >= 15 is 0 Å². The second-order valence-corrected chi connectivity index (χ2v) is 2.23. The van der Waals surface area contributed by atoms with Crippen LogP contribution in [0.2, 0.25) is 5.15 Å². The molecule has 0 bridgehead atoms. The van der Waals surface area contributed by atoms with Gasteiger partial charge in [-0.15, -0.1) is 0 Å². The van der Waals surface area contributed by atoms with E-state index in [1.807, 2.05) is 0 Å². The van der Waals surface area contributed by atoms with Crippen LogP contribution in [0, 0.1) is 0 Å². The Hall–Kier alpha value is -1.29. The van der Waals surface area contributed by atoms with Crippen molar-refractivity contribution >= 4 is 29.4 Å². The maximum absolute atomic E-state index is 5.65. The average molecular weight is 171 g/mol. The van der Waals surface area contributed by atoms with E-state index in [1.54, 1.807) is 0 Å². The van der Waals surface area contributed by atoms with Crippen LogP contribution in [-0.2, 0) is 0 Å². The lowest BCUT2D eigenvalue weighted by molar-refractivity contribution is 1.19. The van der Waals surface area contributed by atoms with Crippen LogP contribution in [0.5, 0.6) is 0 Å². The Bertz CT molecular complexity index is 274. The van der Waals surface area contributed by atoms with Crippen LogP contribution in [0.1, 0.15) is 5.56 Å². The number of rotatable bonds is 1. The average Bonchev–Trinajstić information content (AvgIpc) is 1.85. The van der Waals surface area contributed by atoms with Crippen molar-refractivity contribution in [2.24, 2.45) is 0 Å². The molecule has 58 valence electrons. The molecule has 0 atom stereocenters. The summed E-state index contributed by atoms with van der Waals surface area (Å²) < 4.78 is 0. The summed E-state index contributed by atoms with van der Waals surface area (Å²) in [6.07, 6.45) is 1.48. The van der Waals surface area contributed by atoms with Gasteiger partial charge in [0.05, 0.1) is 5.56 Å². The minimum absolute atomic E-state index is 0.0677. The summed E-state index contributed by atoms with van der Waals surface area (Å²) in [5.41, 5.74) is 11.2. The van der Waals surface area contributed by atoms with E-state index in [-0.39, 0.29) is 16.9 Å². The number of hydrogen-bond donors (Lipinski definition) is 2. The van der Waals surface area contributed by atoms with Gasteiger partial charge in [0.1, 0.15) is 11.0 Å². The first-order valence-electron chi connectivity index (χ1n) is 2.86. The van der Waals surface area contributed by atoms with Gasteiger partial charge in [0.2, 0.25) is 5.95 Å². The first-order chi connectivity index (χ1) is 5.15. The molecule has 5 heteroatoms.